The van der Waals surface area contributed by atoms with E-state index in [9.17, 15) is 9.59 Å². The SMILES string of the molecule is Cc1ccccc1NC(=O)CC(=O)NN=Cc1cc(Cl)ccc1OC(C)C. The monoisotopic (exact) mass is 387 g/mol. The van der Waals surface area contributed by atoms with Crippen molar-refractivity contribution >= 4 is 35.3 Å². The van der Waals surface area contributed by atoms with Gasteiger partial charge in [-0.2, -0.15) is 5.10 Å². The van der Waals surface area contributed by atoms with Crippen LogP contribution >= 0.6 is 11.6 Å². The fourth-order valence-electron chi connectivity index (χ4n) is 2.25. The molecule has 2 rings (SSSR count). The molecule has 142 valence electrons. The molecule has 0 aliphatic rings. The number of benzene rings is 2. The van der Waals surface area contributed by atoms with Gasteiger partial charge in [-0.15, -0.1) is 0 Å². The van der Waals surface area contributed by atoms with E-state index in [-0.39, 0.29) is 12.5 Å². The Balaban J connectivity index is 1.92. The van der Waals surface area contributed by atoms with E-state index in [2.05, 4.69) is 15.8 Å². The fourth-order valence-corrected chi connectivity index (χ4v) is 2.43. The maximum atomic E-state index is 12.0. The lowest BCUT2D eigenvalue weighted by molar-refractivity contribution is -0.126. The van der Waals surface area contributed by atoms with Crippen LogP contribution in [0, 0.1) is 6.92 Å². The van der Waals surface area contributed by atoms with Crippen LogP contribution in [-0.4, -0.2) is 24.1 Å². The Morgan fingerprint density at radius 3 is 2.63 bits per heavy atom. The number of carbonyl (C=O) groups excluding carboxylic acids is 2. The van der Waals surface area contributed by atoms with E-state index in [1.807, 2.05) is 39.0 Å². The van der Waals surface area contributed by atoms with Gasteiger partial charge in [0, 0.05) is 16.3 Å². The molecular formula is C20H22ClN3O3. The smallest absolute Gasteiger partial charge is 0.249 e. The largest absolute Gasteiger partial charge is 0.490 e. The van der Waals surface area contributed by atoms with E-state index >= 15 is 0 Å². The van der Waals surface area contributed by atoms with Crippen molar-refractivity contribution in [3.8, 4) is 5.75 Å². The van der Waals surface area contributed by atoms with Crippen LogP contribution in [0.1, 0.15) is 31.4 Å². The zero-order chi connectivity index (χ0) is 19.8. The van der Waals surface area contributed by atoms with Gasteiger partial charge in [0.25, 0.3) is 0 Å². The third-order valence-electron chi connectivity index (χ3n) is 3.47. The van der Waals surface area contributed by atoms with Crippen molar-refractivity contribution in [2.24, 2.45) is 5.10 Å². The molecule has 0 atom stereocenters. The molecule has 0 bridgehead atoms. The Hall–Kier alpha value is -2.86. The third kappa shape index (κ3) is 6.75. The Morgan fingerprint density at radius 2 is 1.93 bits per heavy atom. The maximum absolute atomic E-state index is 12.0. The summed E-state index contributed by atoms with van der Waals surface area (Å²) in [7, 11) is 0. The molecule has 0 aliphatic heterocycles. The molecule has 0 aliphatic carbocycles. The Morgan fingerprint density at radius 1 is 1.19 bits per heavy atom. The molecule has 27 heavy (non-hydrogen) atoms. The summed E-state index contributed by atoms with van der Waals surface area (Å²) in [6.45, 7) is 5.69. The van der Waals surface area contributed by atoms with Crippen LogP contribution in [-0.2, 0) is 9.59 Å². The first kappa shape index (κ1) is 20.5. The number of anilines is 1. The molecule has 6 nitrogen and oxygen atoms in total. The van der Waals surface area contributed by atoms with Gasteiger partial charge in [0.2, 0.25) is 11.8 Å². The van der Waals surface area contributed by atoms with E-state index in [1.54, 1.807) is 24.3 Å². The highest BCUT2D eigenvalue weighted by molar-refractivity contribution is 6.30. The summed E-state index contributed by atoms with van der Waals surface area (Å²) in [5.41, 5.74) is 4.55. The van der Waals surface area contributed by atoms with E-state index in [1.165, 1.54) is 6.21 Å². The number of hydrogen-bond acceptors (Lipinski definition) is 4. The number of aryl methyl sites for hydroxylation is 1. The van der Waals surface area contributed by atoms with Crippen LogP contribution in [0.3, 0.4) is 0 Å². The second-order valence-corrected chi connectivity index (χ2v) is 6.62. The fraction of sp³-hybridized carbons (Fsp3) is 0.250. The minimum atomic E-state index is -0.523. The molecule has 0 unspecified atom stereocenters. The molecule has 0 spiro atoms. The van der Waals surface area contributed by atoms with Crippen molar-refractivity contribution < 1.29 is 14.3 Å². The minimum Gasteiger partial charge on any atom is -0.490 e. The average Bonchev–Trinajstić information content (AvgIpc) is 2.59. The molecule has 2 aromatic carbocycles. The molecule has 7 heteroatoms. The lowest BCUT2D eigenvalue weighted by Crippen LogP contribution is -2.24. The topological polar surface area (TPSA) is 79.8 Å². The quantitative estimate of drug-likeness (QED) is 0.429. The van der Waals surface area contributed by atoms with Crippen LogP contribution in [0.5, 0.6) is 5.75 Å². The molecule has 0 fully saturated rings. The highest BCUT2D eigenvalue weighted by Crippen LogP contribution is 2.22. The van der Waals surface area contributed by atoms with Crippen molar-refractivity contribution in [2.75, 3.05) is 5.32 Å². The van der Waals surface area contributed by atoms with Crippen LogP contribution < -0.4 is 15.5 Å². The zero-order valence-corrected chi connectivity index (χ0v) is 16.2. The summed E-state index contributed by atoms with van der Waals surface area (Å²) in [4.78, 5) is 23.9. The predicted octanol–water partition coefficient (Wildman–Crippen LogP) is 3.91. The number of halogens is 1. The van der Waals surface area contributed by atoms with Gasteiger partial charge in [0.15, 0.2) is 0 Å². The predicted molar refractivity (Wildman–Crippen MR) is 107 cm³/mol. The van der Waals surface area contributed by atoms with Gasteiger partial charge in [-0.3, -0.25) is 9.59 Å². The molecule has 0 heterocycles. The Labute approximate surface area is 163 Å². The first-order valence-electron chi connectivity index (χ1n) is 8.48. The second-order valence-electron chi connectivity index (χ2n) is 6.18. The Kier molecular flexibility index (Phi) is 7.37. The van der Waals surface area contributed by atoms with Gasteiger partial charge in [-0.1, -0.05) is 29.8 Å². The first-order chi connectivity index (χ1) is 12.8. The van der Waals surface area contributed by atoms with Crippen LogP contribution in [0.15, 0.2) is 47.6 Å². The van der Waals surface area contributed by atoms with E-state index in [0.717, 1.165) is 5.56 Å². The highest BCUT2D eigenvalue weighted by Gasteiger charge is 2.10. The lowest BCUT2D eigenvalue weighted by atomic mass is 10.2. The summed E-state index contributed by atoms with van der Waals surface area (Å²) >= 11 is 6.00. The molecule has 2 aromatic rings. The second kappa shape index (κ2) is 9.73. The molecule has 0 saturated carbocycles. The number of nitrogens with one attached hydrogen (secondary N) is 2. The van der Waals surface area contributed by atoms with E-state index in [0.29, 0.717) is 22.0 Å². The lowest BCUT2D eigenvalue weighted by Gasteiger charge is -2.12. The molecule has 0 aromatic heterocycles. The van der Waals surface area contributed by atoms with Gasteiger partial charge < -0.3 is 10.1 Å². The summed E-state index contributed by atoms with van der Waals surface area (Å²) in [5.74, 6) is -0.334. The normalized spacial score (nSPS) is 10.9. The Bertz CT molecular complexity index is 850. The zero-order valence-electron chi connectivity index (χ0n) is 15.5. The van der Waals surface area contributed by atoms with Crippen LogP contribution in [0.2, 0.25) is 5.02 Å². The molecule has 2 amide bonds. The summed E-state index contributed by atoms with van der Waals surface area (Å²) in [6.07, 6.45) is 1.08. The summed E-state index contributed by atoms with van der Waals surface area (Å²) in [5, 5.41) is 7.11. The van der Waals surface area contributed by atoms with E-state index < -0.39 is 11.8 Å². The number of rotatable bonds is 7. The molecule has 0 radical (unpaired) electrons. The van der Waals surface area contributed by atoms with Gasteiger partial charge in [0.05, 0.1) is 12.3 Å². The average molecular weight is 388 g/mol. The number of amides is 2. The minimum absolute atomic E-state index is 0.0157. The van der Waals surface area contributed by atoms with Crippen molar-refractivity contribution in [1.82, 2.24) is 5.43 Å². The molecule has 0 saturated heterocycles. The maximum Gasteiger partial charge on any atom is 0.249 e. The van der Waals surface area contributed by atoms with Gasteiger partial charge in [-0.25, -0.2) is 5.43 Å². The number of hydrogen-bond donors (Lipinski definition) is 2. The van der Waals surface area contributed by atoms with Crippen LogP contribution in [0.4, 0.5) is 5.69 Å². The van der Waals surface area contributed by atoms with Crippen molar-refractivity contribution in [1.29, 1.82) is 0 Å². The summed E-state index contributed by atoms with van der Waals surface area (Å²) < 4.78 is 5.67. The number of hydrazone groups is 1. The first-order valence-corrected chi connectivity index (χ1v) is 8.86. The number of ether oxygens (including phenoxy) is 1. The number of nitrogens with zero attached hydrogens (tertiary/aromatic N) is 1. The van der Waals surface area contributed by atoms with Gasteiger partial charge in [0.1, 0.15) is 12.2 Å². The number of carbonyl (C=O) groups is 2. The molecule has 2 N–H and O–H groups in total. The van der Waals surface area contributed by atoms with Crippen molar-refractivity contribution in [2.45, 2.75) is 33.3 Å². The molecular weight excluding hydrogens is 366 g/mol. The highest BCUT2D eigenvalue weighted by atomic mass is 35.5. The number of para-hydroxylation sites is 1. The van der Waals surface area contributed by atoms with Crippen molar-refractivity contribution in [3.05, 3.63) is 58.6 Å². The van der Waals surface area contributed by atoms with Crippen molar-refractivity contribution in [3.63, 3.8) is 0 Å². The van der Waals surface area contributed by atoms with E-state index in [4.69, 9.17) is 16.3 Å². The van der Waals surface area contributed by atoms with Crippen LogP contribution in [0.25, 0.3) is 0 Å². The van der Waals surface area contributed by atoms with Gasteiger partial charge >= 0.3 is 0 Å². The standard InChI is InChI=1S/C20H22ClN3O3/c1-13(2)27-18-9-8-16(21)10-15(18)12-22-24-20(26)11-19(25)23-17-7-5-4-6-14(17)3/h4-10,12-13H,11H2,1-3H3,(H,23,25)(H,24,26). The summed E-state index contributed by atoms with van der Waals surface area (Å²) in [6, 6.07) is 12.5. The third-order valence-corrected chi connectivity index (χ3v) is 3.70. The van der Waals surface area contributed by atoms with Gasteiger partial charge in [-0.05, 0) is 50.6 Å².